The van der Waals surface area contributed by atoms with Gasteiger partial charge in [0.2, 0.25) is 10.0 Å². The molecule has 26 heavy (non-hydrogen) atoms. The molecule has 5 nitrogen and oxygen atoms in total. The van der Waals surface area contributed by atoms with E-state index in [1.54, 1.807) is 12.1 Å². The SMILES string of the molecule is CCc1ccc(-c2csc(Nc3ccc(S(N)(=O)=O)cc3)n2)cc1CC. The van der Waals surface area contributed by atoms with E-state index in [1.165, 1.54) is 34.6 Å². The number of rotatable bonds is 6. The second-order valence-corrected chi connectivity index (χ2v) is 8.34. The summed E-state index contributed by atoms with van der Waals surface area (Å²) in [6, 6.07) is 12.8. The molecule has 0 bridgehead atoms. The van der Waals surface area contributed by atoms with E-state index in [0.717, 1.165) is 34.9 Å². The zero-order valence-corrected chi connectivity index (χ0v) is 16.3. The van der Waals surface area contributed by atoms with Gasteiger partial charge in [-0.1, -0.05) is 26.0 Å². The molecule has 3 rings (SSSR count). The minimum Gasteiger partial charge on any atom is -0.332 e. The summed E-state index contributed by atoms with van der Waals surface area (Å²) in [7, 11) is -3.68. The zero-order valence-electron chi connectivity index (χ0n) is 14.7. The Bertz CT molecular complexity index is 1010. The zero-order chi connectivity index (χ0) is 18.7. The average molecular weight is 388 g/mol. The molecule has 0 saturated carbocycles. The van der Waals surface area contributed by atoms with Crippen LogP contribution in [0.4, 0.5) is 10.8 Å². The van der Waals surface area contributed by atoms with Crippen LogP contribution in [0.1, 0.15) is 25.0 Å². The van der Waals surface area contributed by atoms with Crippen molar-refractivity contribution in [2.24, 2.45) is 5.14 Å². The smallest absolute Gasteiger partial charge is 0.238 e. The molecule has 1 heterocycles. The fourth-order valence-electron chi connectivity index (χ4n) is 2.77. The lowest BCUT2D eigenvalue weighted by Crippen LogP contribution is -2.11. The third-order valence-electron chi connectivity index (χ3n) is 4.20. The van der Waals surface area contributed by atoms with E-state index in [0.29, 0.717) is 0 Å². The Morgan fingerprint density at radius 3 is 2.35 bits per heavy atom. The topological polar surface area (TPSA) is 85.1 Å². The molecule has 0 amide bonds. The van der Waals surface area contributed by atoms with E-state index in [-0.39, 0.29) is 4.90 Å². The van der Waals surface area contributed by atoms with Gasteiger partial charge in [0.15, 0.2) is 5.13 Å². The van der Waals surface area contributed by atoms with E-state index < -0.39 is 10.0 Å². The highest BCUT2D eigenvalue weighted by Crippen LogP contribution is 2.29. The number of aromatic nitrogens is 1. The molecule has 0 atom stereocenters. The maximum Gasteiger partial charge on any atom is 0.238 e. The van der Waals surface area contributed by atoms with Gasteiger partial charge in [-0.3, -0.25) is 0 Å². The summed E-state index contributed by atoms with van der Waals surface area (Å²) >= 11 is 1.51. The van der Waals surface area contributed by atoms with Crippen molar-refractivity contribution in [3.63, 3.8) is 0 Å². The molecule has 0 aliphatic carbocycles. The number of nitrogens with two attached hydrogens (primary N) is 1. The molecule has 0 unspecified atom stereocenters. The van der Waals surface area contributed by atoms with Crippen molar-refractivity contribution in [1.82, 2.24) is 4.98 Å². The van der Waals surface area contributed by atoms with E-state index in [1.807, 2.05) is 5.38 Å². The first-order chi connectivity index (χ1) is 12.4. The normalized spacial score (nSPS) is 11.5. The summed E-state index contributed by atoms with van der Waals surface area (Å²) in [5.74, 6) is 0. The van der Waals surface area contributed by atoms with Crippen molar-refractivity contribution >= 4 is 32.2 Å². The van der Waals surface area contributed by atoms with E-state index >= 15 is 0 Å². The van der Waals surface area contributed by atoms with Crippen LogP contribution in [-0.4, -0.2) is 13.4 Å². The first kappa shape index (κ1) is 18.6. The van der Waals surface area contributed by atoms with Crippen LogP contribution in [-0.2, 0) is 22.9 Å². The quantitative estimate of drug-likeness (QED) is 0.659. The Labute approximate surface area is 158 Å². The number of hydrogen-bond donors (Lipinski definition) is 2. The van der Waals surface area contributed by atoms with Crippen molar-refractivity contribution in [3.05, 3.63) is 59.0 Å². The third kappa shape index (κ3) is 4.12. The molecule has 136 valence electrons. The fraction of sp³-hybridized carbons (Fsp3) is 0.211. The first-order valence-electron chi connectivity index (χ1n) is 8.38. The van der Waals surface area contributed by atoms with Gasteiger partial charge < -0.3 is 5.32 Å². The molecule has 0 spiro atoms. The van der Waals surface area contributed by atoms with Crippen LogP contribution in [0.2, 0.25) is 0 Å². The molecule has 0 aliphatic rings. The van der Waals surface area contributed by atoms with Crippen LogP contribution < -0.4 is 10.5 Å². The summed E-state index contributed by atoms with van der Waals surface area (Å²) in [6.45, 7) is 4.33. The number of thiazole rings is 1. The lowest BCUT2D eigenvalue weighted by Gasteiger charge is -2.07. The summed E-state index contributed by atoms with van der Waals surface area (Å²) in [4.78, 5) is 4.73. The van der Waals surface area contributed by atoms with Crippen LogP contribution in [0, 0.1) is 0 Å². The number of sulfonamides is 1. The Hall–Kier alpha value is -2.22. The van der Waals surface area contributed by atoms with Crippen molar-refractivity contribution in [3.8, 4) is 11.3 Å². The number of aryl methyl sites for hydroxylation is 2. The van der Waals surface area contributed by atoms with Crippen LogP contribution in [0.25, 0.3) is 11.3 Å². The lowest BCUT2D eigenvalue weighted by atomic mass is 9.99. The van der Waals surface area contributed by atoms with Crippen LogP contribution in [0.3, 0.4) is 0 Å². The molecule has 3 N–H and O–H groups in total. The maximum absolute atomic E-state index is 11.3. The van der Waals surface area contributed by atoms with E-state index in [9.17, 15) is 8.42 Å². The van der Waals surface area contributed by atoms with Gasteiger partial charge in [-0.2, -0.15) is 0 Å². The molecule has 0 radical (unpaired) electrons. The summed E-state index contributed by atoms with van der Waals surface area (Å²) < 4.78 is 22.6. The standard InChI is InChI=1S/C19H21N3O2S2/c1-3-13-5-6-15(11-14(13)4-2)18-12-25-19(22-18)21-16-7-9-17(10-8-16)26(20,23)24/h5-12H,3-4H2,1-2H3,(H,21,22)(H2,20,23,24). The van der Waals surface area contributed by atoms with Gasteiger partial charge in [0.05, 0.1) is 10.6 Å². The fourth-order valence-corrected chi connectivity index (χ4v) is 4.03. The number of hydrogen-bond acceptors (Lipinski definition) is 5. The summed E-state index contributed by atoms with van der Waals surface area (Å²) in [5, 5.41) is 11.1. The Balaban J connectivity index is 1.80. The molecule has 7 heteroatoms. The second-order valence-electron chi connectivity index (χ2n) is 5.92. The largest absolute Gasteiger partial charge is 0.332 e. The van der Waals surface area contributed by atoms with Gasteiger partial charge in [-0.15, -0.1) is 11.3 Å². The van der Waals surface area contributed by atoms with E-state index in [4.69, 9.17) is 5.14 Å². The summed E-state index contributed by atoms with van der Waals surface area (Å²) in [5.41, 5.74) is 5.52. The van der Waals surface area contributed by atoms with Gasteiger partial charge in [0, 0.05) is 16.6 Å². The average Bonchev–Trinajstić information content (AvgIpc) is 3.09. The number of anilines is 2. The monoisotopic (exact) mass is 387 g/mol. The van der Waals surface area contributed by atoms with Crippen LogP contribution >= 0.6 is 11.3 Å². The Morgan fingerprint density at radius 1 is 1.04 bits per heavy atom. The molecular formula is C19H21N3O2S2. The first-order valence-corrected chi connectivity index (χ1v) is 10.8. The third-order valence-corrected chi connectivity index (χ3v) is 5.89. The minimum atomic E-state index is -3.68. The predicted octanol–water partition coefficient (Wildman–Crippen LogP) is 4.33. The number of nitrogens with zero attached hydrogens (tertiary/aromatic N) is 1. The van der Waals surface area contributed by atoms with Crippen molar-refractivity contribution in [1.29, 1.82) is 0 Å². The Morgan fingerprint density at radius 2 is 1.73 bits per heavy atom. The highest BCUT2D eigenvalue weighted by atomic mass is 32.2. The van der Waals surface area contributed by atoms with Gasteiger partial charge in [-0.05, 0) is 54.3 Å². The van der Waals surface area contributed by atoms with Crippen molar-refractivity contribution in [2.75, 3.05) is 5.32 Å². The Kier molecular flexibility index (Phi) is 5.41. The lowest BCUT2D eigenvalue weighted by molar-refractivity contribution is 0.598. The number of primary sulfonamides is 1. The molecule has 2 aromatic carbocycles. The van der Waals surface area contributed by atoms with Crippen LogP contribution in [0.5, 0.6) is 0 Å². The summed E-state index contributed by atoms with van der Waals surface area (Å²) in [6.07, 6.45) is 2.03. The van der Waals surface area contributed by atoms with Crippen molar-refractivity contribution < 1.29 is 8.42 Å². The maximum atomic E-state index is 11.3. The molecule has 1 aromatic heterocycles. The highest BCUT2D eigenvalue weighted by Gasteiger charge is 2.09. The van der Waals surface area contributed by atoms with Gasteiger partial charge in [0.1, 0.15) is 0 Å². The van der Waals surface area contributed by atoms with Crippen molar-refractivity contribution in [2.45, 2.75) is 31.6 Å². The molecule has 0 saturated heterocycles. The minimum absolute atomic E-state index is 0.0889. The molecule has 0 aliphatic heterocycles. The molecular weight excluding hydrogens is 366 g/mol. The molecule has 0 fully saturated rings. The van der Waals surface area contributed by atoms with Crippen LogP contribution in [0.15, 0.2) is 52.7 Å². The van der Waals surface area contributed by atoms with Gasteiger partial charge >= 0.3 is 0 Å². The second kappa shape index (κ2) is 7.57. The number of benzene rings is 2. The van der Waals surface area contributed by atoms with Gasteiger partial charge in [0.25, 0.3) is 0 Å². The predicted molar refractivity (Wildman–Crippen MR) is 107 cm³/mol. The van der Waals surface area contributed by atoms with E-state index in [2.05, 4.69) is 42.3 Å². The molecule has 3 aromatic rings. The highest BCUT2D eigenvalue weighted by molar-refractivity contribution is 7.89. The number of nitrogens with one attached hydrogen (secondary N) is 1. The van der Waals surface area contributed by atoms with Gasteiger partial charge in [-0.25, -0.2) is 18.5 Å².